The van der Waals surface area contributed by atoms with Crippen LogP contribution in [0, 0.1) is 0 Å². The van der Waals surface area contributed by atoms with Gasteiger partial charge >= 0.3 is 0 Å². The Morgan fingerprint density at radius 3 is 2.68 bits per heavy atom. The molecule has 2 nitrogen and oxygen atoms in total. The predicted molar refractivity (Wildman–Crippen MR) is 86.8 cm³/mol. The van der Waals surface area contributed by atoms with Crippen LogP contribution in [0.3, 0.4) is 0 Å². The summed E-state index contributed by atoms with van der Waals surface area (Å²) in [7, 11) is 0. The molecule has 0 radical (unpaired) electrons. The molecular weight excluding hydrogens is 272 g/mol. The van der Waals surface area contributed by atoms with Crippen molar-refractivity contribution in [3.05, 3.63) is 40.2 Å². The average molecular weight is 292 g/mol. The van der Waals surface area contributed by atoms with E-state index in [9.17, 15) is 0 Å². The summed E-state index contributed by atoms with van der Waals surface area (Å²) >= 11 is 3.77. The average Bonchev–Trinajstić information content (AvgIpc) is 2.87. The summed E-state index contributed by atoms with van der Waals surface area (Å²) in [6.07, 6.45) is 0. The number of nitrogens with one attached hydrogen (secondary N) is 1. The Labute approximate surface area is 123 Å². The fourth-order valence-corrected chi connectivity index (χ4v) is 3.62. The van der Waals surface area contributed by atoms with Crippen LogP contribution in [0.15, 0.2) is 30.3 Å². The number of benzene rings is 1. The SMILES string of the molecule is CCNCc1sc(CSCC)nc1-c1ccccc1. The monoisotopic (exact) mass is 292 g/mol. The third-order valence-electron chi connectivity index (χ3n) is 2.75. The van der Waals surface area contributed by atoms with Crippen LogP contribution in [0.4, 0.5) is 0 Å². The van der Waals surface area contributed by atoms with Gasteiger partial charge in [0, 0.05) is 22.7 Å². The Kier molecular flexibility index (Phi) is 5.89. The summed E-state index contributed by atoms with van der Waals surface area (Å²) in [4.78, 5) is 6.18. The lowest BCUT2D eigenvalue weighted by Crippen LogP contribution is -2.11. The van der Waals surface area contributed by atoms with Crippen molar-refractivity contribution in [3.8, 4) is 11.3 Å². The Balaban J connectivity index is 2.25. The maximum absolute atomic E-state index is 4.83. The van der Waals surface area contributed by atoms with Gasteiger partial charge in [-0.25, -0.2) is 4.98 Å². The van der Waals surface area contributed by atoms with E-state index in [1.54, 1.807) is 0 Å². The van der Waals surface area contributed by atoms with Crippen LogP contribution in [-0.2, 0) is 12.3 Å². The molecule has 0 aliphatic rings. The minimum atomic E-state index is 0.912. The van der Waals surface area contributed by atoms with Crippen LogP contribution in [0.25, 0.3) is 11.3 Å². The van der Waals surface area contributed by atoms with Crippen molar-refractivity contribution in [3.63, 3.8) is 0 Å². The molecule has 1 heterocycles. The van der Waals surface area contributed by atoms with E-state index in [1.807, 2.05) is 29.2 Å². The van der Waals surface area contributed by atoms with Crippen molar-refractivity contribution in [1.82, 2.24) is 10.3 Å². The molecule has 0 aliphatic heterocycles. The maximum atomic E-state index is 4.83. The number of thioether (sulfide) groups is 1. The highest BCUT2D eigenvalue weighted by Crippen LogP contribution is 2.30. The quantitative estimate of drug-likeness (QED) is 0.829. The summed E-state index contributed by atoms with van der Waals surface area (Å²) in [5.41, 5.74) is 2.37. The predicted octanol–water partition coefficient (Wildman–Crippen LogP) is 4.17. The number of thiazole rings is 1. The van der Waals surface area contributed by atoms with E-state index >= 15 is 0 Å². The summed E-state index contributed by atoms with van der Waals surface area (Å²) in [5.74, 6) is 2.16. The van der Waals surface area contributed by atoms with Gasteiger partial charge in [0.2, 0.25) is 0 Å². The van der Waals surface area contributed by atoms with Gasteiger partial charge < -0.3 is 5.32 Å². The molecule has 0 bridgehead atoms. The molecule has 1 aromatic heterocycles. The van der Waals surface area contributed by atoms with E-state index < -0.39 is 0 Å². The molecule has 0 atom stereocenters. The molecule has 2 aromatic rings. The lowest BCUT2D eigenvalue weighted by Gasteiger charge is -2.02. The van der Waals surface area contributed by atoms with Crippen LogP contribution >= 0.6 is 23.1 Å². The zero-order chi connectivity index (χ0) is 13.5. The van der Waals surface area contributed by atoms with E-state index in [1.165, 1.54) is 15.4 Å². The van der Waals surface area contributed by atoms with Crippen LogP contribution in [0.2, 0.25) is 0 Å². The minimum Gasteiger partial charge on any atom is -0.312 e. The van der Waals surface area contributed by atoms with Crippen molar-refractivity contribution in [2.24, 2.45) is 0 Å². The highest BCUT2D eigenvalue weighted by molar-refractivity contribution is 7.98. The molecule has 0 aliphatic carbocycles. The van der Waals surface area contributed by atoms with Crippen LogP contribution in [0.1, 0.15) is 23.7 Å². The molecule has 0 saturated heterocycles. The molecular formula is C15H20N2S2. The topological polar surface area (TPSA) is 24.9 Å². The molecule has 0 saturated carbocycles. The van der Waals surface area contributed by atoms with Gasteiger partial charge in [0.1, 0.15) is 5.01 Å². The first kappa shape index (κ1) is 14.6. The van der Waals surface area contributed by atoms with E-state index in [0.29, 0.717) is 0 Å². The minimum absolute atomic E-state index is 0.912. The van der Waals surface area contributed by atoms with Crippen molar-refractivity contribution >= 4 is 23.1 Å². The molecule has 1 N–H and O–H groups in total. The zero-order valence-electron chi connectivity index (χ0n) is 11.5. The standard InChI is InChI=1S/C15H20N2S2/c1-3-16-10-13-15(12-8-6-5-7-9-12)17-14(19-13)11-18-4-2/h5-9,16H,3-4,10-11H2,1-2H3. The van der Waals surface area contributed by atoms with Crippen LogP contribution in [0.5, 0.6) is 0 Å². The van der Waals surface area contributed by atoms with E-state index in [4.69, 9.17) is 4.98 Å². The Hall–Kier alpha value is -0.840. The third-order valence-corrected chi connectivity index (χ3v) is 4.88. The fraction of sp³-hybridized carbons (Fsp3) is 0.400. The van der Waals surface area contributed by atoms with Crippen molar-refractivity contribution in [1.29, 1.82) is 0 Å². The van der Waals surface area contributed by atoms with Crippen molar-refractivity contribution < 1.29 is 0 Å². The number of hydrogen-bond acceptors (Lipinski definition) is 4. The second-order valence-corrected chi connectivity index (χ2v) is 6.61. The Morgan fingerprint density at radius 1 is 1.21 bits per heavy atom. The molecule has 0 spiro atoms. The normalized spacial score (nSPS) is 10.8. The van der Waals surface area contributed by atoms with E-state index in [-0.39, 0.29) is 0 Å². The third kappa shape index (κ3) is 4.06. The molecule has 19 heavy (non-hydrogen) atoms. The first-order valence-electron chi connectivity index (χ1n) is 6.67. The van der Waals surface area contributed by atoms with Crippen LogP contribution in [-0.4, -0.2) is 17.3 Å². The smallest absolute Gasteiger partial charge is 0.103 e. The highest BCUT2D eigenvalue weighted by atomic mass is 32.2. The highest BCUT2D eigenvalue weighted by Gasteiger charge is 2.12. The Bertz CT molecular complexity index is 494. The first-order chi connectivity index (χ1) is 9.35. The lowest BCUT2D eigenvalue weighted by atomic mass is 10.1. The number of aromatic nitrogens is 1. The Morgan fingerprint density at radius 2 is 2.00 bits per heavy atom. The zero-order valence-corrected chi connectivity index (χ0v) is 13.1. The number of nitrogens with zero attached hydrogens (tertiary/aromatic N) is 1. The van der Waals surface area contributed by atoms with Gasteiger partial charge in [0.15, 0.2) is 0 Å². The van der Waals surface area contributed by atoms with Gasteiger partial charge in [-0.05, 0) is 12.3 Å². The van der Waals surface area contributed by atoms with Gasteiger partial charge in [0.05, 0.1) is 5.69 Å². The molecule has 0 unspecified atom stereocenters. The van der Waals surface area contributed by atoms with Crippen molar-refractivity contribution in [2.75, 3.05) is 12.3 Å². The lowest BCUT2D eigenvalue weighted by molar-refractivity contribution is 0.735. The van der Waals surface area contributed by atoms with Gasteiger partial charge in [-0.15, -0.1) is 11.3 Å². The fourth-order valence-electron chi connectivity index (χ4n) is 1.83. The molecule has 102 valence electrons. The van der Waals surface area contributed by atoms with Gasteiger partial charge in [-0.2, -0.15) is 11.8 Å². The van der Waals surface area contributed by atoms with Gasteiger partial charge in [-0.1, -0.05) is 44.2 Å². The number of rotatable bonds is 7. The summed E-state index contributed by atoms with van der Waals surface area (Å²) < 4.78 is 0. The summed E-state index contributed by atoms with van der Waals surface area (Å²) in [6, 6.07) is 10.5. The van der Waals surface area contributed by atoms with Crippen LogP contribution < -0.4 is 5.32 Å². The van der Waals surface area contributed by atoms with E-state index in [0.717, 1.165) is 30.3 Å². The van der Waals surface area contributed by atoms with Crippen molar-refractivity contribution in [2.45, 2.75) is 26.1 Å². The van der Waals surface area contributed by atoms with Gasteiger partial charge in [0.25, 0.3) is 0 Å². The van der Waals surface area contributed by atoms with Gasteiger partial charge in [-0.3, -0.25) is 0 Å². The first-order valence-corrected chi connectivity index (χ1v) is 8.64. The molecule has 4 heteroatoms. The molecule has 2 rings (SSSR count). The molecule has 1 aromatic carbocycles. The number of hydrogen-bond donors (Lipinski definition) is 1. The maximum Gasteiger partial charge on any atom is 0.103 e. The second kappa shape index (κ2) is 7.68. The largest absolute Gasteiger partial charge is 0.312 e. The van der Waals surface area contributed by atoms with E-state index in [2.05, 4.69) is 43.4 Å². The summed E-state index contributed by atoms with van der Waals surface area (Å²) in [6.45, 7) is 6.23. The molecule has 0 amide bonds. The molecule has 0 fully saturated rings. The second-order valence-electron chi connectivity index (χ2n) is 4.16. The summed E-state index contributed by atoms with van der Waals surface area (Å²) in [5, 5.41) is 4.64.